The summed E-state index contributed by atoms with van der Waals surface area (Å²) in [5.74, 6) is 0.378. The fraction of sp³-hybridized carbons (Fsp3) is 0.500. The van der Waals surface area contributed by atoms with Gasteiger partial charge < -0.3 is 19.9 Å². The minimum absolute atomic E-state index is 0.00974. The molecule has 3 heterocycles. The van der Waals surface area contributed by atoms with Crippen molar-refractivity contribution in [3.05, 3.63) is 60.9 Å². The van der Waals surface area contributed by atoms with Crippen molar-refractivity contribution in [2.24, 2.45) is 0 Å². The van der Waals surface area contributed by atoms with Crippen molar-refractivity contribution in [2.45, 2.75) is 65.7 Å². The summed E-state index contributed by atoms with van der Waals surface area (Å²) in [5, 5.41) is 18.2. The summed E-state index contributed by atoms with van der Waals surface area (Å²) >= 11 is 0. The Morgan fingerprint density at radius 3 is 2.56 bits per heavy atom. The lowest BCUT2D eigenvalue weighted by Crippen LogP contribution is -2.47. The lowest BCUT2D eigenvalue weighted by atomic mass is 9.88. The molecule has 2 unspecified atom stereocenters. The number of nitrogens with one attached hydrogen (secondary N) is 1. The van der Waals surface area contributed by atoms with Gasteiger partial charge in [-0.05, 0) is 68.0 Å². The smallest absolute Gasteiger partial charge is 0.243 e. The zero-order valence-corrected chi connectivity index (χ0v) is 25.8. The van der Waals surface area contributed by atoms with Crippen LogP contribution in [0, 0.1) is 0 Å². The Bertz CT molecular complexity index is 1660. The van der Waals surface area contributed by atoms with Crippen LogP contribution < -0.4 is 10.1 Å². The number of hydrogen-bond donors (Lipinski definition) is 2. The second-order valence-corrected chi connectivity index (χ2v) is 15.8. The van der Waals surface area contributed by atoms with Crippen LogP contribution in [-0.2, 0) is 24.6 Å². The number of aromatic nitrogens is 2. The maximum absolute atomic E-state index is 13.6. The van der Waals surface area contributed by atoms with Gasteiger partial charge in [-0.25, -0.2) is 16.8 Å². The lowest BCUT2D eigenvalue weighted by Gasteiger charge is -2.38. The molecule has 43 heavy (non-hydrogen) atoms. The summed E-state index contributed by atoms with van der Waals surface area (Å²) in [6.07, 6.45) is 8.31. The number of aliphatic hydroxyl groups excluding tert-OH is 1. The average molecular weight is 631 g/mol. The molecule has 13 heteroatoms. The fourth-order valence-corrected chi connectivity index (χ4v) is 7.96. The van der Waals surface area contributed by atoms with Crippen molar-refractivity contribution >= 4 is 19.9 Å². The molecule has 2 aromatic carbocycles. The monoisotopic (exact) mass is 630 g/mol. The van der Waals surface area contributed by atoms with Gasteiger partial charge in [0.15, 0.2) is 9.84 Å². The summed E-state index contributed by atoms with van der Waals surface area (Å²) in [7, 11) is -7.00. The van der Waals surface area contributed by atoms with Crippen molar-refractivity contribution in [2.75, 3.05) is 39.1 Å². The molecule has 1 aromatic heterocycles. The number of sulfone groups is 1. The van der Waals surface area contributed by atoms with Gasteiger partial charge in [0.25, 0.3) is 0 Å². The normalized spacial score (nSPS) is 21.7. The van der Waals surface area contributed by atoms with Gasteiger partial charge in [0.05, 0.1) is 34.2 Å². The SMILES string of the molecule is CS(=O)(=O)c1cccc(OCC(O)CNC2COC3(CCN(S(=O)(=O)c4cccc(-c5cnn(C6CC6)c5)c4)CC3)C2)c1. The molecular weight excluding hydrogens is 592 g/mol. The van der Waals surface area contributed by atoms with Gasteiger partial charge in [-0.15, -0.1) is 0 Å². The molecule has 0 bridgehead atoms. The highest BCUT2D eigenvalue weighted by atomic mass is 32.2. The highest BCUT2D eigenvalue weighted by molar-refractivity contribution is 7.90. The first-order valence-corrected chi connectivity index (χ1v) is 18.0. The Kier molecular flexibility index (Phi) is 8.39. The molecule has 2 saturated heterocycles. The van der Waals surface area contributed by atoms with Gasteiger partial charge in [0.1, 0.15) is 18.5 Å². The summed E-state index contributed by atoms with van der Waals surface area (Å²) < 4.78 is 65.9. The molecule has 2 aliphatic heterocycles. The Balaban J connectivity index is 0.983. The minimum Gasteiger partial charge on any atom is -0.491 e. The van der Waals surface area contributed by atoms with Crippen molar-refractivity contribution in [3.63, 3.8) is 0 Å². The van der Waals surface area contributed by atoms with E-state index in [1.807, 2.05) is 16.9 Å². The standard InChI is InChI=1S/C30H38N4O7S2/c1-42(36,37)28-6-3-5-27(15-28)40-21-26(35)18-31-24-16-30(41-20-24)10-12-33(13-11-30)43(38,39)29-7-2-4-22(14-29)23-17-32-34(19-23)25-8-9-25/h2-7,14-15,17,19,24-26,31,35H,8-13,16,18,20-21H2,1H3. The highest BCUT2D eigenvalue weighted by Crippen LogP contribution is 2.38. The topological polar surface area (TPSA) is 140 Å². The van der Waals surface area contributed by atoms with Crippen molar-refractivity contribution in [3.8, 4) is 16.9 Å². The minimum atomic E-state index is -3.66. The lowest BCUT2D eigenvalue weighted by molar-refractivity contribution is -0.0312. The number of hydrogen-bond acceptors (Lipinski definition) is 9. The van der Waals surface area contributed by atoms with E-state index in [0.717, 1.165) is 36.6 Å². The largest absolute Gasteiger partial charge is 0.491 e. The molecule has 3 aliphatic rings. The quantitative estimate of drug-likeness (QED) is 0.327. The number of nitrogens with zero attached hydrogens (tertiary/aromatic N) is 3. The van der Waals surface area contributed by atoms with E-state index in [4.69, 9.17) is 9.47 Å². The molecule has 3 aromatic rings. The Morgan fingerprint density at radius 1 is 1.07 bits per heavy atom. The summed E-state index contributed by atoms with van der Waals surface area (Å²) in [5.41, 5.74) is 1.36. The molecule has 3 fully saturated rings. The summed E-state index contributed by atoms with van der Waals surface area (Å²) in [4.78, 5) is 0.446. The van der Waals surface area contributed by atoms with Crippen LogP contribution in [0.15, 0.2) is 70.7 Å². The van der Waals surface area contributed by atoms with Gasteiger partial charge in [-0.2, -0.15) is 9.40 Å². The molecule has 1 spiro atoms. The van der Waals surface area contributed by atoms with E-state index in [1.54, 1.807) is 40.8 Å². The molecule has 11 nitrogen and oxygen atoms in total. The highest BCUT2D eigenvalue weighted by Gasteiger charge is 2.44. The van der Waals surface area contributed by atoms with Gasteiger partial charge in [0.2, 0.25) is 10.0 Å². The molecule has 1 saturated carbocycles. The first kappa shape index (κ1) is 30.2. The predicted octanol–water partition coefficient (Wildman–Crippen LogP) is 2.63. The molecule has 6 rings (SSSR count). The summed E-state index contributed by atoms with van der Waals surface area (Å²) in [6, 6.07) is 13.8. The van der Waals surface area contributed by atoms with Gasteiger partial charge in [-0.3, -0.25) is 4.68 Å². The zero-order chi connectivity index (χ0) is 30.2. The van der Waals surface area contributed by atoms with E-state index in [1.165, 1.54) is 12.1 Å². The van der Waals surface area contributed by atoms with E-state index in [9.17, 15) is 21.9 Å². The number of benzene rings is 2. The Morgan fingerprint density at radius 2 is 1.81 bits per heavy atom. The van der Waals surface area contributed by atoms with E-state index >= 15 is 0 Å². The predicted molar refractivity (Wildman–Crippen MR) is 160 cm³/mol. The Labute approximate surface area is 252 Å². The first-order valence-electron chi connectivity index (χ1n) is 14.6. The van der Waals surface area contributed by atoms with Gasteiger partial charge in [0, 0.05) is 43.7 Å². The molecule has 0 amide bonds. The molecule has 232 valence electrons. The third-order valence-corrected chi connectivity index (χ3v) is 11.5. The van der Waals surface area contributed by atoms with Crippen LogP contribution in [0.2, 0.25) is 0 Å². The van der Waals surface area contributed by atoms with Gasteiger partial charge in [-0.1, -0.05) is 18.2 Å². The average Bonchev–Trinajstić information content (AvgIpc) is 3.59. The maximum atomic E-state index is 13.6. The van der Waals surface area contributed by atoms with E-state index in [-0.39, 0.29) is 29.0 Å². The van der Waals surface area contributed by atoms with Crippen molar-refractivity contribution in [1.29, 1.82) is 0 Å². The Hall–Kier alpha value is -2.81. The molecule has 2 N–H and O–H groups in total. The van der Waals surface area contributed by atoms with E-state index < -0.39 is 31.6 Å². The van der Waals surface area contributed by atoms with Crippen LogP contribution in [0.1, 0.15) is 38.1 Å². The zero-order valence-electron chi connectivity index (χ0n) is 24.1. The number of aliphatic hydroxyl groups is 1. The van der Waals surface area contributed by atoms with Crippen LogP contribution in [-0.4, -0.2) is 92.9 Å². The van der Waals surface area contributed by atoms with Crippen molar-refractivity contribution < 1.29 is 31.4 Å². The first-order chi connectivity index (χ1) is 20.5. The third-order valence-electron chi connectivity index (χ3n) is 8.49. The maximum Gasteiger partial charge on any atom is 0.243 e. The molecule has 1 aliphatic carbocycles. The van der Waals surface area contributed by atoms with Gasteiger partial charge >= 0.3 is 0 Å². The van der Waals surface area contributed by atoms with Crippen LogP contribution in [0.3, 0.4) is 0 Å². The van der Waals surface area contributed by atoms with Crippen LogP contribution >= 0.6 is 0 Å². The number of rotatable bonds is 11. The molecule has 2 atom stereocenters. The summed E-state index contributed by atoms with van der Waals surface area (Å²) in [6.45, 7) is 1.53. The van der Waals surface area contributed by atoms with Crippen LogP contribution in [0.4, 0.5) is 0 Å². The number of sulfonamides is 1. The van der Waals surface area contributed by atoms with Crippen LogP contribution in [0.5, 0.6) is 5.75 Å². The third kappa shape index (κ3) is 6.97. The second-order valence-electron chi connectivity index (χ2n) is 11.9. The van der Waals surface area contributed by atoms with Crippen molar-refractivity contribution in [1.82, 2.24) is 19.4 Å². The number of piperidine rings is 1. The second kappa shape index (κ2) is 11.9. The van der Waals surface area contributed by atoms with E-state index in [0.29, 0.717) is 44.3 Å². The fourth-order valence-electron chi connectivity index (χ4n) is 5.82. The number of ether oxygens (including phenoxy) is 2. The molecular formula is C30H38N4O7S2. The van der Waals surface area contributed by atoms with E-state index in [2.05, 4.69) is 10.4 Å². The molecule has 0 radical (unpaired) electrons. The van der Waals surface area contributed by atoms with Crippen LogP contribution in [0.25, 0.3) is 11.1 Å².